The molecule has 108 valence electrons. The van der Waals surface area contributed by atoms with Gasteiger partial charge in [0, 0.05) is 23.2 Å². The highest BCUT2D eigenvalue weighted by Crippen LogP contribution is 2.26. The summed E-state index contributed by atoms with van der Waals surface area (Å²) in [6.45, 7) is 5.92. The van der Waals surface area contributed by atoms with Crippen LogP contribution in [-0.2, 0) is 0 Å². The summed E-state index contributed by atoms with van der Waals surface area (Å²) >= 11 is 1.41. The third-order valence-electron chi connectivity index (χ3n) is 2.98. The number of pyridine rings is 1. The predicted octanol–water partition coefficient (Wildman–Crippen LogP) is 2.11. The Morgan fingerprint density at radius 1 is 1.45 bits per heavy atom. The van der Waals surface area contributed by atoms with Crippen LogP contribution >= 0.6 is 11.8 Å². The van der Waals surface area contributed by atoms with E-state index in [1.165, 1.54) is 11.8 Å². The highest BCUT2D eigenvalue weighted by molar-refractivity contribution is 7.99. The van der Waals surface area contributed by atoms with Gasteiger partial charge in [0.15, 0.2) is 5.16 Å². The Hall–Kier alpha value is -1.60. The molecule has 2 heterocycles. The van der Waals surface area contributed by atoms with Crippen molar-refractivity contribution in [2.45, 2.75) is 49.3 Å². The van der Waals surface area contributed by atoms with Gasteiger partial charge in [0.05, 0.1) is 5.69 Å². The van der Waals surface area contributed by atoms with Gasteiger partial charge in [-0.25, -0.2) is 9.89 Å². The lowest BCUT2D eigenvalue weighted by Gasteiger charge is -2.10. The lowest BCUT2D eigenvalue weighted by atomic mass is 10.1. The molecule has 2 aromatic heterocycles. The Morgan fingerprint density at radius 2 is 2.20 bits per heavy atom. The van der Waals surface area contributed by atoms with Crippen molar-refractivity contribution in [3.05, 3.63) is 34.5 Å². The molecule has 7 heteroatoms. The van der Waals surface area contributed by atoms with Crippen LogP contribution in [0, 0.1) is 0 Å². The minimum Gasteiger partial charge on any atom is -0.323 e. The number of nitrogens with one attached hydrogen (secondary N) is 1. The number of hydrogen-bond donors (Lipinski definition) is 2. The van der Waals surface area contributed by atoms with E-state index < -0.39 is 0 Å². The van der Waals surface area contributed by atoms with Crippen LogP contribution in [0.2, 0.25) is 0 Å². The van der Waals surface area contributed by atoms with Crippen LogP contribution in [0.25, 0.3) is 0 Å². The molecule has 0 aliphatic carbocycles. The third kappa shape index (κ3) is 3.10. The molecule has 0 bridgehead atoms. The van der Waals surface area contributed by atoms with Gasteiger partial charge in [0.25, 0.3) is 0 Å². The van der Waals surface area contributed by atoms with Crippen LogP contribution in [0.1, 0.15) is 45.0 Å². The van der Waals surface area contributed by atoms with Crippen molar-refractivity contribution in [1.29, 1.82) is 0 Å². The van der Waals surface area contributed by atoms with E-state index in [1.54, 1.807) is 10.8 Å². The van der Waals surface area contributed by atoms with Gasteiger partial charge in [-0.2, -0.15) is 0 Å². The zero-order valence-corrected chi connectivity index (χ0v) is 12.6. The molecule has 0 aliphatic heterocycles. The molecule has 6 nitrogen and oxygen atoms in total. The third-order valence-corrected chi connectivity index (χ3v) is 3.92. The number of nitrogens with zero attached hydrogens (tertiary/aromatic N) is 3. The summed E-state index contributed by atoms with van der Waals surface area (Å²) in [4.78, 5) is 16.9. The fraction of sp³-hybridized carbons (Fsp3) is 0.462. The lowest BCUT2D eigenvalue weighted by molar-refractivity contribution is 0.534. The molecule has 0 saturated carbocycles. The monoisotopic (exact) mass is 293 g/mol. The molecule has 0 spiro atoms. The molecule has 3 N–H and O–H groups in total. The Labute approximate surface area is 121 Å². The van der Waals surface area contributed by atoms with Crippen LogP contribution in [0.3, 0.4) is 0 Å². The van der Waals surface area contributed by atoms with E-state index in [1.807, 2.05) is 32.9 Å². The number of hydrogen-bond acceptors (Lipinski definition) is 5. The van der Waals surface area contributed by atoms with Crippen LogP contribution in [-0.4, -0.2) is 19.7 Å². The smallest absolute Gasteiger partial charge is 0.323 e. The molecule has 0 aliphatic rings. The second kappa shape index (κ2) is 6.23. The van der Waals surface area contributed by atoms with Gasteiger partial charge in [-0.3, -0.25) is 9.55 Å². The van der Waals surface area contributed by atoms with Crippen LogP contribution in [0.15, 0.2) is 33.2 Å². The van der Waals surface area contributed by atoms with E-state index in [4.69, 9.17) is 5.73 Å². The second-order valence-electron chi connectivity index (χ2n) is 4.81. The van der Waals surface area contributed by atoms with Crippen molar-refractivity contribution >= 4 is 11.8 Å². The van der Waals surface area contributed by atoms with Gasteiger partial charge >= 0.3 is 5.69 Å². The van der Waals surface area contributed by atoms with E-state index >= 15 is 0 Å². The van der Waals surface area contributed by atoms with E-state index in [-0.39, 0.29) is 17.8 Å². The van der Waals surface area contributed by atoms with Crippen LogP contribution in [0.5, 0.6) is 0 Å². The summed E-state index contributed by atoms with van der Waals surface area (Å²) in [5, 5.41) is 7.15. The van der Waals surface area contributed by atoms with E-state index in [2.05, 4.69) is 15.2 Å². The van der Waals surface area contributed by atoms with E-state index in [0.29, 0.717) is 5.16 Å². The Morgan fingerprint density at radius 3 is 2.75 bits per heavy atom. The predicted molar refractivity (Wildman–Crippen MR) is 78.8 cm³/mol. The van der Waals surface area contributed by atoms with Crippen molar-refractivity contribution in [3.8, 4) is 0 Å². The van der Waals surface area contributed by atoms with Gasteiger partial charge in [-0.1, -0.05) is 6.92 Å². The Balaban J connectivity index is 2.21. The maximum absolute atomic E-state index is 11.7. The van der Waals surface area contributed by atoms with Gasteiger partial charge in [-0.15, -0.1) is 5.10 Å². The van der Waals surface area contributed by atoms with Gasteiger partial charge in [-0.05, 0) is 44.2 Å². The van der Waals surface area contributed by atoms with E-state index in [9.17, 15) is 4.79 Å². The molecular formula is C13H19N5OS. The first-order chi connectivity index (χ1) is 9.52. The molecule has 20 heavy (non-hydrogen) atoms. The topological polar surface area (TPSA) is 89.6 Å². The number of aromatic nitrogens is 4. The van der Waals surface area contributed by atoms with Crippen molar-refractivity contribution in [2.24, 2.45) is 5.73 Å². The number of H-pyrrole nitrogens is 1. The number of nitrogens with two attached hydrogens (primary N) is 1. The average Bonchev–Trinajstić information content (AvgIpc) is 2.79. The van der Waals surface area contributed by atoms with E-state index in [0.717, 1.165) is 17.0 Å². The first kappa shape index (κ1) is 14.8. The summed E-state index contributed by atoms with van der Waals surface area (Å²) < 4.78 is 1.62. The summed E-state index contributed by atoms with van der Waals surface area (Å²) in [5.74, 6) is 0. The van der Waals surface area contributed by atoms with Crippen molar-refractivity contribution in [1.82, 2.24) is 19.7 Å². The maximum Gasteiger partial charge on any atom is 0.344 e. The Bertz CT molecular complexity index is 616. The SMILES string of the molecule is CC[C@@H](N)c1ccc(Sc2n[nH]c(=O)n2C(C)C)cn1. The molecular weight excluding hydrogens is 274 g/mol. The fourth-order valence-corrected chi connectivity index (χ4v) is 2.74. The first-order valence-electron chi connectivity index (χ1n) is 6.59. The highest BCUT2D eigenvalue weighted by atomic mass is 32.2. The van der Waals surface area contributed by atoms with Crippen molar-refractivity contribution in [3.63, 3.8) is 0 Å². The summed E-state index contributed by atoms with van der Waals surface area (Å²) in [6.07, 6.45) is 2.62. The summed E-state index contributed by atoms with van der Waals surface area (Å²) in [5.41, 5.74) is 6.61. The van der Waals surface area contributed by atoms with Crippen molar-refractivity contribution in [2.75, 3.05) is 0 Å². The van der Waals surface area contributed by atoms with Crippen LogP contribution < -0.4 is 11.4 Å². The Kier molecular flexibility index (Phi) is 4.61. The quantitative estimate of drug-likeness (QED) is 0.881. The molecule has 0 saturated heterocycles. The zero-order valence-electron chi connectivity index (χ0n) is 11.8. The van der Waals surface area contributed by atoms with Crippen LogP contribution in [0.4, 0.5) is 0 Å². The van der Waals surface area contributed by atoms with Crippen molar-refractivity contribution < 1.29 is 0 Å². The van der Waals surface area contributed by atoms with Gasteiger partial charge in [0.2, 0.25) is 0 Å². The molecule has 0 unspecified atom stereocenters. The highest BCUT2D eigenvalue weighted by Gasteiger charge is 2.13. The number of aromatic amines is 1. The molecule has 2 rings (SSSR count). The zero-order chi connectivity index (χ0) is 14.7. The van der Waals surface area contributed by atoms with Gasteiger partial charge < -0.3 is 5.73 Å². The molecule has 0 fully saturated rings. The second-order valence-corrected chi connectivity index (χ2v) is 5.85. The molecule has 0 aromatic carbocycles. The molecule has 2 aromatic rings. The maximum atomic E-state index is 11.7. The lowest BCUT2D eigenvalue weighted by Crippen LogP contribution is -2.19. The minimum absolute atomic E-state index is 0.0340. The summed E-state index contributed by atoms with van der Waals surface area (Å²) in [7, 11) is 0. The molecule has 0 radical (unpaired) electrons. The normalized spacial score (nSPS) is 12.8. The fourth-order valence-electron chi connectivity index (χ4n) is 1.80. The summed E-state index contributed by atoms with van der Waals surface area (Å²) in [6, 6.07) is 3.89. The minimum atomic E-state index is -0.194. The molecule has 0 amide bonds. The average molecular weight is 293 g/mol. The largest absolute Gasteiger partial charge is 0.344 e. The molecule has 1 atom stereocenters. The number of rotatable bonds is 5. The van der Waals surface area contributed by atoms with Gasteiger partial charge in [0.1, 0.15) is 0 Å². The standard InChI is InChI=1S/C13H19N5OS/c1-4-10(14)11-6-5-9(7-15-11)20-13-17-16-12(19)18(13)8(2)3/h5-8,10H,4,14H2,1-3H3,(H,16,19)/t10-/m1/s1. The first-order valence-corrected chi connectivity index (χ1v) is 7.40.